The topological polar surface area (TPSA) is 37.3 Å². The fraction of sp³-hybridized carbons (Fsp3) is 0.667. The van der Waals surface area contributed by atoms with Crippen molar-refractivity contribution in [2.45, 2.75) is 19.8 Å². The molecule has 0 unspecified atom stereocenters. The molecule has 8 heavy (non-hydrogen) atoms. The van der Waals surface area contributed by atoms with Crippen LogP contribution in [0.4, 0.5) is 0 Å². The lowest BCUT2D eigenvalue weighted by atomic mass is 10.2. The maximum atomic E-state index is 9.80. The Bertz CT molecular complexity index is 101. The summed E-state index contributed by atoms with van der Waals surface area (Å²) in [6.07, 6.45) is 1.56. The molecule has 0 radical (unpaired) electrons. The third kappa shape index (κ3) is 2.56. The first-order valence-corrected chi connectivity index (χ1v) is 2.68. The Balaban J connectivity index is 3.55. The van der Waals surface area contributed by atoms with Crippen LogP contribution in [0.15, 0.2) is 5.57 Å². The molecule has 1 N–H and O–H groups in total. The van der Waals surface area contributed by atoms with Gasteiger partial charge >= 0.3 is 0 Å². The highest BCUT2D eigenvalue weighted by molar-refractivity contribution is 5.52. The average molecular weight is 114 g/mol. The minimum Gasteiger partial charge on any atom is -0.391 e. The number of hydrogen-bond donors (Lipinski definition) is 1. The van der Waals surface area contributed by atoms with Gasteiger partial charge < -0.3 is 5.11 Å². The average Bonchev–Trinajstić information content (AvgIpc) is 1.83. The van der Waals surface area contributed by atoms with Gasteiger partial charge in [-0.2, -0.15) is 0 Å². The molecule has 0 heterocycles. The molecule has 0 bridgehead atoms. The van der Waals surface area contributed by atoms with Gasteiger partial charge in [-0.05, 0) is 6.42 Å². The molecule has 0 atom stereocenters. The summed E-state index contributed by atoms with van der Waals surface area (Å²) in [5.74, 6) is 1.67. The Kier molecular flexibility index (Phi) is 4.23. The summed E-state index contributed by atoms with van der Waals surface area (Å²) < 4.78 is 0. The predicted octanol–water partition coefficient (Wildman–Crippen LogP) is 0.537. The summed E-state index contributed by atoms with van der Waals surface area (Å²) in [4.78, 5) is 9.80. The van der Waals surface area contributed by atoms with E-state index in [0.29, 0.717) is 12.0 Å². The van der Waals surface area contributed by atoms with Gasteiger partial charge in [0.25, 0.3) is 0 Å². The Hall–Kier alpha value is -0.590. The fourth-order valence-corrected chi connectivity index (χ4v) is 0.464. The van der Waals surface area contributed by atoms with Crippen LogP contribution in [0.2, 0.25) is 0 Å². The van der Waals surface area contributed by atoms with Crippen molar-refractivity contribution >= 4 is 5.94 Å². The van der Waals surface area contributed by atoms with E-state index in [1.54, 1.807) is 5.94 Å². The van der Waals surface area contributed by atoms with Crippen LogP contribution in [0.25, 0.3) is 0 Å². The van der Waals surface area contributed by atoms with E-state index in [-0.39, 0.29) is 6.61 Å². The first-order chi connectivity index (χ1) is 3.85. The summed E-state index contributed by atoms with van der Waals surface area (Å²) in [5, 5.41) is 8.36. The lowest BCUT2D eigenvalue weighted by Gasteiger charge is -1.90. The quantitative estimate of drug-likeness (QED) is 0.543. The van der Waals surface area contributed by atoms with Crippen molar-refractivity contribution in [1.29, 1.82) is 0 Å². The summed E-state index contributed by atoms with van der Waals surface area (Å²) in [6.45, 7) is 1.81. The molecule has 0 aromatic rings. The van der Waals surface area contributed by atoms with Gasteiger partial charge in [0.1, 0.15) is 5.94 Å². The highest BCUT2D eigenvalue weighted by Gasteiger charge is 1.90. The molecule has 0 saturated carbocycles. The van der Waals surface area contributed by atoms with E-state index in [4.69, 9.17) is 5.11 Å². The van der Waals surface area contributed by atoms with E-state index in [0.717, 1.165) is 6.42 Å². The van der Waals surface area contributed by atoms with Crippen LogP contribution in [0, 0.1) is 0 Å². The van der Waals surface area contributed by atoms with E-state index in [2.05, 4.69) is 0 Å². The Morgan fingerprint density at radius 2 is 2.38 bits per heavy atom. The van der Waals surface area contributed by atoms with Crippen molar-refractivity contribution in [3.8, 4) is 0 Å². The van der Waals surface area contributed by atoms with Crippen molar-refractivity contribution in [1.82, 2.24) is 0 Å². The highest BCUT2D eigenvalue weighted by Crippen LogP contribution is 1.96. The van der Waals surface area contributed by atoms with Crippen LogP contribution >= 0.6 is 0 Å². The van der Waals surface area contributed by atoms with Crippen molar-refractivity contribution in [3.63, 3.8) is 0 Å². The molecular weight excluding hydrogens is 104 g/mol. The van der Waals surface area contributed by atoms with E-state index in [1.165, 1.54) is 0 Å². The van der Waals surface area contributed by atoms with Crippen LogP contribution in [0.1, 0.15) is 19.8 Å². The van der Waals surface area contributed by atoms with Gasteiger partial charge in [-0.1, -0.05) is 13.3 Å². The molecule has 0 fully saturated rings. The maximum absolute atomic E-state index is 9.80. The minimum atomic E-state index is -0.142. The number of aliphatic hydroxyl groups is 1. The van der Waals surface area contributed by atoms with E-state index in [9.17, 15) is 4.79 Å². The molecule has 0 spiro atoms. The molecule has 0 saturated heterocycles. The second-order valence-electron chi connectivity index (χ2n) is 1.61. The molecule has 0 aromatic heterocycles. The summed E-state index contributed by atoms with van der Waals surface area (Å²) in [5.41, 5.74) is 0.465. The van der Waals surface area contributed by atoms with Gasteiger partial charge in [-0.3, -0.25) is 0 Å². The lowest BCUT2D eigenvalue weighted by molar-refractivity contribution is 0.327. The predicted molar refractivity (Wildman–Crippen MR) is 31.2 cm³/mol. The maximum Gasteiger partial charge on any atom is 0.125 e. The monoisotopic (exact) mass is 114 g/mol. The summed E-state index contributed by atoms with van der Waals surface area (Å²) in [7, 11) is 0. The zero-order valence-corrected chi connectivity index (χ0v) is 4.98. The smallest absolute Gasteiger partial charge is 0.125 e. The molecule has 2 heteroatoms. The summed E-state index contributed by atoms with van der Waals surface area (Å²) >= 11 is 0. The Morgan fingerprint density at radius 1 is 1.75 bits per heavy atom. The molecule has 0 rings (SSSR count). The zero-order valence-electron chi connectivity index (χ0n) is 4.98. The van der Waals surface area contributed by atoms with Crippen LogP contribution in [-0.2, 0) is 4.79 Å². The molecule has 2 nitrogen and oxygen atoms in total. The van der Waals surface area contributed by atoms with Gasteiger partial charge in [0.2, 0.25) is 0 Å². The van der Waals surface area contributed by atoms with Crippen LogP contribution in [0.5, 0.6) is 0 Å². The van der Waals surface area contributed by atoms with Crippen molar-refractivity contribution in [2.75, 3.05) is 6.61 Å². The zero-order chi connectivity index (χ0) is 6.41. The van der Waals surface area contributed by atoms with Gasteiger partial charge in [0.05, 0.1) is 6.61 Å². The van der Waals surface area contributed by atoms with Crippen LogP contribution < -0.4 is 0 Å². The number of hydrogen-bond acceptors (Lipinski definition) is 2. The normalized spacial score (nSPS) is 8.25. The van der Waals surface area contributed by atoms with Crippen molar-refractivity contribution < 1.29 is 9.90 Å². The SMILES string of the molecule is CCCC(=C=O)CO. The van der Waals surface area contributed by atoms with Crippen molar-refractivity contribution in [3.05, 3.63) is 5.57 Å². The molecule has 0 amide bonds. The molecule has 46 valence electrons. The Morgan fingerprint density at radius 3 is 2.50 bits per heavy atom. The lowest BCUT2D eigenvalue weighted by Crippen LogP contribution is -1.89. The molecule has 0 aliphatic heterocycles. The molecular formula is C6H10O2. The van der Waals surface area contributed by atoms with Gasteiger partial charge in [-0.25, -0.2) is 4.79 Å². The first kappa shape index (κ1) is 7.41. The molecule has 0 aliphatic carbocycles. The third-order valence-corrected chi connectivity index (χ3v) is 0.887. The standard InChI is InChI=1S/C6H10O2/c1-2-3-6(4-7)5-8/h7H,2-4H2,1H3. The minimum absolute atomic E-state index is 0.142. The number of aliphatic hydroxyl groups excluding tert-OH is 1. The van der Waals surface area contributed by atoms with Crippen LogP contribution in [-0.4, -0.2) is 17.7 Å². The van der Waals surface area contributed by atoms with E-state index >= 15 is 0 Å². The largest absolute Gasteiger partial charge is 0.391 e. The van der Waals surface area contributed by atoms with Crippen LogP contribution in [0.3, 0.4) is 0 Å². The molecule has 0 aliphatic rings. The van der Waals surface area contributed by atoms with Gasteiger partial charge in [0, 0.05) is 5.57 Å². The van der Waals surface area contributed by atoms with Gasteiger partial charge in [0.15, 0.2) is 0 Å². The Labute approximate surface area is 48.8 Å². The first-order valence-electron chi connectivity index (χ1n) is 2.68. The van der Waals surface area contributed by atoms with Gasteiger partial charge in [-0.15, -0.1) is 0 Å². The second-order valence-corrected chi connectivity index (χ2v) is 1.61. The third-order valence-electron chi connectivity index (χ3n) is 0.887. The second kappa shape index (κ2) is 4.57. The number of carbonyl (C=O) groups excluding carboxylic acids is 1. The highest BCUT2D eigenvalue weighted by atomic mass is 16.3. The molecule has 0 aromatic carbocycles. The van der Waals surface area contributed by atoms with E-state index in [1.807, 2.05) is 6.92 Å². The number of rotatable bonds is 3. The fourth-order valence-electron chi connectivity index (χ4n) is 0.464. The van der Waals surface area contributed by atoms with E-state index < -0.39 is 0 Å². The summed E-state index contributed by atoms with van der Waals surface area (Å²) in [6, 6.07) is 0. The van der Waals surface area contributed by atoms with Crippen molar-refractivity contribution in [2.24, 2.45) is 0 Å².